The number of rotatable bonds is 4. The number of carbonyl (C=O) groups is 1. The minimum absolute atomic E-state index is 0.163. The van der Waals surface area contributed by atoms with Gasteiger partial charge in [-0.3, -0.25) is 15.6 Å². The Morgan fingerprint density at radius 1 is 1.13 bits per heavy atom. The molecule has 1 aliphatic carbocycles. The van der Waals surface area contributed by atoms with Gasteiger partial charge in [-0.05, 0) is 30.0 Å². The third kappa shape index (κ3) is 3.41. The van der Waals surface area contributed by atoms with Gasteiger partial charge in [0.15, 0.2) is 0 Å². The minimum Gasteiger partial charge on any atom is -0.273 e. The van der Waals surface area contributed by atoms with Gasteiger partial charge in [-0.1, -0.05) is 18.2 Å². The van der Waals surface area contributed by atoms with Crippen molar-refractivity contribution in [3.63, 3.8) is 0 Å². The lowest BCUT2D eigenvalue weighted by atomic mass is 10.0. The van der Waals surface area contributed by atoms with Gasteiger partial charge in [0, 0.05) is 18.3 Å². The molecule has 0 aliphatic heterocycles. The summed E-state index contributed by atoms with van der Waals surface area (Å²) in [6, 6.07) is 6.98. The molecule has 2 N–H and O–H groups in total. The molecular formula is C15H13F3N4O. The number of nitrogens with one attached hydrogen (secondary N) is 2. The van der Waals surface area contributed by atoms with Gasteiger partial charge < -0.3 is 0 Å². The van der Waals surface area contributed by atoms with Crippen LogP contribution in [0.15, 0.2) is 42.7 Å². The number of alkyl halides is 3. The van der Waals surface area contributed by atoms with E-state index in [0.717, 1.165) is 6.07 Å². The number of aromatic nitrogens is 2. The largest absolute Gasteiger partial charge is 0.416 e. The van der Waals surface area contributed by atoms with E-state index in [4.69, 9.17) is 0 Å². The molecule has 0 radical (unpaired) electrons. The first-order chi connectivity index (χ1) is 11.0. The van der Waals surface area contributed by atoms with Gasteiger partial charge in [0.05, 0.1) is 5.56 Å². The lowest BCUT2D eigenvalue weighted by Crippen LogP contribution is -2.32. The Morgan fingerprint density at radius 2 is 1.83 bits per heavy atom. The maximum atomic E-state index is 13.0. The Hall–Kier alpha value is -2.64. The number of hydrogen-bond donors (Lipinski definition) is 2. The number of hydrogen-bond acceptors (Lipinski definition) is 4. The summed E-state index contributed by atoms with van der Waals surface area (Å²) in [5.41, 5.74) is 4.44. The van der Waals surface area contributed by atoms with Crippen molar-refractivity contribution in [1.29, 1.82) is 0 Å². The van der Waals surface area contributed by atoms with Crippen molar-refractivity contribution in [2.24, 2.45) is 5.92 Å². The smallest absolute Gasteiger partial charge is 0.273 e. The predicted octanol–water partition coefficient (Wildman–Crippen LogP) is 2.74. The number of amides is 1. The lowest BCUT2D eigenvalue weighted by molar-refractivity contribution is -0.138. The topological polar surface area (TPSA) is 66.9 Å². The third-order valence-corrected chi connectivity index (χ3v) is 3.66. The van der Waals surface area contributed by atoms with Crippen LogP contribution in [0.1, 0.15) is 23.5 Å². The summed E-state index contributed by atoms with van der Waals surface area (Å²) in [6.45, 7) is 0. The molecule has 0 spiro atoms. The molecule has 1 saturated carbocycles. The number of benzene rings is 1. The summed E-state index contributed by atoms with van der Waals surface area (Å²) >= 11 is 0. The first-order valence-corrected chi connectivity index (χ1v) is 6.96. The standard InChI is InChI=1S/C15H13F3N4O/c16-15(17,18)12-5-2-1-4-9(12)10-8-11(10)13(23)21-22-14-19-6-3-7-20-14/h1-7,10-11H,8H2,(H,21,23)(H,19,20,22)/t10-,11-/m0/s1. The molecule has 1 fully saturated rings. The van der Waals surface area contributed by atoms with Gasteiger partial charge >= 0.3 is 6.18 Å². The van der Waals surface area contributed by atoms with Crippen LogP contribution in [0.25, 0.3) is 0 Å². The summed E-state index contributed by atoms with van der Waals surface area (Å²) in [6.07, 6.45) is -1.03. The van der Waals surface area contributed by atoms with Crippen molar-refractivity contribution < 1.29 is 18.0 Å². The molecule has 1 aromatic carbocycles. The summed E-state index contributed by atoms with van der Waals surface area (Å²) in [5.74, 6) is -1.07. The molecule has 2 aromatic rings. The molecular weight excluding hydrogens is 309 g/mol. The Balaban J connectivity index is 1.65. The number of anilines is 1. The zero-order valence-corrected chi connectivity index (χ0v) is 11.8. The SMILES string of the molecule is O=C(NNc1ncccn1)[C@H]1C[C@H]1c1ccccc1C(F)(F)F. The number of nitrogens with zero attached hydrogens (tertiary/aromatic N) is 2. The van der Waals surface area contributed by atoms with Crippen LogP contribution in [0.2, 0.25) is 0 Å². The molecule has 1 aliphatic rings. The van der Waals surface area contributed by atoms with E-state index in [1.54, 1.807) is 12.1 Å². The lowest BCUT2D eigenvalue weighted by Gasteiger charge is -2.12. The van der Waals surface area contributed by atoms with Gasteiger partial charge in [0.25, 0.3) is 0 Å². The van der Waals surface area contributed by atoms with E-state index in [1.807, 2.05) is 0 Å². The van der Waals surface area contributed by atoms with Crippen molar-refractivity contribution in [2.45, 2.75) is 18.5 Å². The Kier molecular flexibility index (Phi) is 3.89. The van der Waals surface area contributed by atoms with Crippen molar-refractivity contribution in [3.8, 4) is 0 Å². The van der Waals surface area contributed by atoms with Crippen LogP contribution in [0.3, 0.4) is 0 Å². The molecule has 8 heteroatoms. The number of carbonyl (C=O) groups excluding carboxylic acids is 1. The van der Waals surface area contributed by atoms with Gasteiger partial charge in [-0.15, -0.1) is 0 Å². The molecule has 5 nitrogen and oxygen atoms in total. The van der Waals surface area contributed by atoms with Gasteiger partial charge in [0.2, 0.25) is 11.9 Å². The van der Waals surface area contributed by atoms with Crippen LogP contribution >= 0.6 is 0 Å². The average Bonchev–Trinajstić information content (AvgIpc) is 3.33. The van der Waals surface area contributed by atoms with Crippen molar-refractivity contribution in [3.05, 3.63) is 53.9 Å². The van der Waals surface area contributed by atoms with E-state index in [1.165, 1.54) is 24.5 Å². The fourth-order valence-corrected chi connectivity index (χ4v) is 2.48. The Morgan fingerprint density at radius 3 is 2.52 bits per heavy atom. The van der Waals surface area contributed by atoms with E-state index in [-0.39, 0.29) is 17.4 Å². The van der Waals surface area contributed by atoms with Crippen LogP contribution in [0.4, 0.5) is 19.1 Å². The van der Waals surface area contributed by atoms with E-state index in [2.05, 4.69) is 20.8 Å². The molecule has 3 rings (SSSR count). The van der Waals surface area contributed by atoms with Crippen LogP contribution in [0, 0.1) is 5.92 Å². The molecule has 1 heterocycles. The first-order valence-electron chi connectivity index (χ1n) is 6.96. The van der Waals surface area contributed by atoms with Gasteiger partial charge in [-0.2, -0.15) is 13.2 Å². The highest BCUT2D eigenvalue weighted by Gasteiger charge is 2.47. The highest BCUT2D eigenvalue weighted by Crippen LogP contribution is 2.50. The Bertz CT molecular complexity index is 705. The van der Waals surface area contributed by atoms with E-state index in [0.29, 0.717) is 6.42 Å². The monoisotopic (exact) mass is 322 g/mol. The summed E-state index contributed by atoms with van der Waals surface area (Å²) in [4.78, 5) is 19.7. The first kappa shape index (κ1) is 15.3. The van der Waals surface area contributed by atoms with Gasteiger partial charge in [0.1, 0.15) is 0 Å². The van der Waals surface area contributed by atoms with Crippen LogP contribution in [-0.4, -0.2) is 15.9 Å². The fraction of sp³-hybridized carbons (Fsp3) is 0.267. The van der Waals surface area contributed by atoms with Crippen molar-refractivity contribution in [1.82, 2.24) is 15.4 Å². The number of hydrazine groups is 1. The fourth-order valence-electron chi connectivity index (χ4n) is 2.48. The van der Waals surface area contributed by atoms with Crippen molar-refractivity contribution >= 4 is 11.9 Å². The molecule has 120 valence electrons. The second kappa shape index (κ2) is 5.86. The van der Waals surface area contributed by atoms with E-state index in [9.17, 15) is 18.0 Å². The summed E-state index contributed by atoms with van der Waals surface area (Å²) < 4.78 is 39.0. The maximum absolute atomic E-state index is 13.0. The van der Waals surface area contributed by atoms with E-state index >= 15 is 0 Å². The average molecular weight is 322 g/mol. The van der Waals surface area contributed by atoms with Crippen molar-refractivity contribution in [2.75, 3.05) is 5.43 Å². The second-order valence-electron chi connectivity index (χ2n) is 5.22. The molecule has 0 saturated heterocycles. The molecule has 2 atom stereocenters. The zero-order chi connectivity index (χ0) is 16.4. The van der Waals surface area contributed by atoms with Crippen LogP contribution in [0.5, 0.6) is 0 Å². The highest BCUT2D eigenvalue weighted by atomic mass is 19.4. The molecule has 1 aromatic heterocycles. The molecule has 23 heavy (non-hydrogen) atoms. The minimum atomic E-state index is -4.42. The number of halogens is 3. The van der Waals surface area contributed by atoms with Crippen LogP contribution < -0.4 is 10.9 Å². The normalized spacial score (nSPS) is 20.0. The maximum Gasteiger partial charge on any atom is 0.416 e. The summed E-state index contributed by atoms with van der Waals surface area (Å²) in [7, 11) is 0. The molecule has 0 bridgehead atoms. The van der Waals surface area contributed by atoms with Crippen LogP contribution in [-0.2, 0) is 11.0 Å². The zero-order valence-electron chi connectivity index (χ0n) is 11.8. The molecule has 0 unspecified atom stereocenters. The third-order valence-electron chi connectivity index (χ3n) is 3.66. The second-order valence-corrected chi connectivity index (χ2v) is 5.22. The van der Waals surface area contributed by atoms with Gasteiger partial charge in [-0.25, -0.2) is 9.97 Å². The summed E-state index contributed by atoms with van der Waals surface area (Å²) in [5, 5.41) is 0. The molecule has 1 amide bonds. The highest BCUT2D eigenvalue weighted by molar-refractivity contribution is 5.83. The predicted molar refractivity (Wildman–Crippen MR) is 76.1 cm³/mol. The quantitative estimate of drug-likeness (QED) is 0.850. The Labute approximate surface area is 129 Å². The van der Waals surface area contributed by atoms with E-state index < -0.39 is 23.6 Å².